The van der Waals surface area contributed by atoms with Gasteiger partial charge in [-0.3, -0.25) is 4.79 Å². The second-order valence-electron chi connectivity index (χ2n) is 5.01. The Morgan fingerprint density at radius 1 is 1.36 bits per heavy atom. The Kier molecular flexibility index (Phi) is 5.77. The Hall–Kier alpha value is -0.570. The van der Waals surface area contributed by atoms with Crippen LogP contribution in [-0.2, 0) is 4.79 Å². The van der Waals surface area contributed by atoms with E-state index in [0.717, 1.165) is 19.5 Å². The number of hydrogen-bond acceptors (Lipinski definition) is 2. The average molecular weight is 200 g/mol. The molecule has 0 radical (unpaired) electrons. The topological polar surface area (TPSA) is 32.3 Å². The number of rotatable bonds is 5. The molecule has 0 fully saturated rings. The second kappa shape index (κ2) is 6.02. The van der Waals surface area contributed by atoms with Crippen LogP contribution in [0.25, 0.3) is 0 Å². The minimum atomic E-state index is 0.0916. The summed E-state index contributed by atoms with van der Waals surface area (Å²) in [6, 6.07) is 0. The van der Waals surface area contributed by atoms with Crippen molar-refractivity contribution in [2.24, 2.45) is 5.41 Å². The maximum atomic E-state index is 11.7. The van der Waals surface area contributed by atoms with Gasteiger partial charge in [-0.25, -0.2) is 0 Å². The Morgan fingerprint density at radius 2 is 1.93 bits per heavy atom. The summed E-state index contributed by atoms with van der Waals surface area (Å²) < 4.78 is 0. The molecule has 0 saturated heterocycles. The Morgan fingerprint density at radius 3 is 2.36 bits per heavy atom. The summed E-state index contributed by atoms with van der Waals surface area (Å²) in [5.41, 5.74) is 0.0916. The van der Waals surface area contributed by atoms with Crippen LogP contribution in [0.1, 0.15) is 33.6 Å². The SMILES string of the molecule is CNCCCN(C)C(=O)CC(C)(C)C. The summed E-state index contributed by atoms with van der Waals surface area (Å²) in [6.45, 7) is 8.08. The lowest BCUT2D eigenvalue weighted by atomic mass is 9.92. The number of carbonyl (C=O) groups is 1. The fraction of sp³-hybridized carbons (Fsp3) is 0.909. The molecule has 0 heterocycles. The fourth-order valence-electron chi connectivity index (χ4n) is 1.21. The van der Waals surface area contributed by atoms with Crippen molar-refractivity contribution in [3.8, 4) is 0 Å². The molecule has 0 aliphatic carbocycles. The van der Waals surface area contributed by atoms with Gasteiger partial charge in [-0.2, -0.15) is 0 Å². The van der Waals surface area contributed by atoms with Crippen molar-refractivity contribution in [3.63, 3.8) is 0 Å². The highest BCUT2D eigenvalue weighted by atomic mass is 16.2. The molecule has 0 atom stereocenters. The van der Waals surface area contributed by atoms with Gasteiger partial charge >= 0.3 is 0 Å². The zero-order valence-electron chi connectivity index (χ0n) is 10.2. The summed E-state index contributed by atoms with van der Waals surface area (Å²) in [5.74, 6) is 0.244. The van der Waals surface area contributed by atoms with Gasteiger partial charge in [-0.05, 0) is 25.4 Å². The highest BCUT2D eigenvalue weighted by Crippen LogP contribution is 2.19. The van der Waals surface area contributed by atoms with E-state index in [2.05, 4.69) is 26.1 Å². The van der Waals surface area contributed by atoms with Gasteiger partial charge in [0.25, 0.3) is 0 Å². The molecule has 0 aromatic carbocycles. The predicted octanol–water partition coefficient (Wildman–Crippen LogP) is 1.49. The number of carbonyl (C=O) groups excluding carboxylic acids is 1. The maximum Gasteiger partial charge on any atom is 0.222 e. The van der Waals surface area contributed by atoms with Crippen molar-refractivity contribution in [1.82, 2.24) is 10.2 Å². The predicted molar refractivity (Wildman–Crippen MR) is 60.3 cm³/mol. The molecule has 0 aliphatic heterocycles. The molecular weight excluding hydrogens is 176 g/mol. The normalized spacial score (nSPS) is 11.5. The van der Waals surface area contributed by atoms with Gasteiger partial charge in [0.05, 0.1) is 0 Å². The molecule has 1 N–H and O–H groups in total. The van der Waals surface area contributed by atoms with E-state index >= 15 is 0 Å². The molecule has 1 amide bonds. The van der Waals surface area contributed by atoms with Gasteiger partial charge in [0.1, 0.15) is 0 Å². The lowest BCUT2D eigenvalue weighted by Crippen LogP contribution is -2.32. The molecule has 0 bridgehead atoms. The smallest absolute Gasteiger partial charge is 0.222 e. The molecule has 14 heavy (non-hydrogen) atoms. The van der Waals surface area contributed by atoms with E-state index in [4.69, 9.17) is 0 Å². The fourth-order valence-corrected chi connectivity index (χ4v) is 1.21. The van der Waals surface area contributed by atoms with Crippen LogP contribution in [0.2, 0.25) is 0 Å². The van der Waals surface area contributed by atoms with Gasteiger partial charge in [-0.1, -0.05) is 20.8 Å². The van der Waals surface area contributed by atoms with Crippen LogP contribution in [0, 0.1) is 5.41 Å². The van der Waals surface area contributed by atoms with Gasteiger partial charge < -0.3 is 10.2 Å². The molecular formula is C11H24N2O. The molecule has 3 heteroatoms. The third kappa shape index (κ3) is 6.89. The molecule has 0 unspecified atom stereocenters. The number of nitrogens with zero attached hydrogens (tertiary/aromatic N) is 1. The molecule has 0 rings (SSSR count). The van der Waals surface area contributed by atoms with Crippen LogP contribution in [0.5, 0.6) is 0 Å². The highest BCUT2D eigenvalue weighted by molar-refractivity contribution is 5.76. The summed E-state index contributed by atoms with van der Waals surface area (Å²) in [4.78, 5) is 13.5. The summed E-state index contributed by atoms with van der Waals surface area (Å²) >= 11 is 0. The first-order chi connectivity index (χ1) is 6.37. The minimum Gasteiger partial charge on any atom is -0.346 e. The third-order valence-corrected chi connectivity index (χ3v) is 2.03. The van der Waals surface area contributed by atoms with E-state index in [0.29, 0.717) is 6.42 Å². The summed E-state index contributed by atoms with van der Waals surface area (Å²) in [6.07, 6.45) is 1.64. The van der Waals surface area contributed by atoms with Crippen LogP contribution < -0.4 is 5.32 Å². The zero-order valence-corrected chi connectivity index (χ0v) is 10.2. The van der Waals surface area contributed by atoms with Crippen molar-refractivity contribution in [2.75, 3.05) is 27.2 Å². The van der Waals surface area contributed by atoms with Crippen molar-refractivity contribution >= 4 is 5.91 Å². The number of hydrogen-bond donors (Lipinski definition) is 1. The standard InChI is InChI=1S/C11H24N2O/c1-11(2,3)9-10(14)13(5)8-6-7-12-4/h12H,6-9H2,1-5H3. The van der Waals surface area contributed by atoms with Crippen LogP contribution in [0.4, 0.5) is 0 Å². The van der Waals surface area contributed by atoms with Gasteiger partial charge in [-0.15, -0.1) is 0 Å². The molecule has 84 valence electrons. The van der Waals surface area contributed by atoms with E-state index in [-0.39, 0.29) is 11.3 Å². The van der Waals surface area contributed by atoms with Crippen LogP contribution in [0.3, 0.4) is 0 Å². The first-order valence-corrected chi connectivity index (χ1v) is 5.25. The Balaban J connectivity index is 3.77. The number of amides is 1. The van der Waals surface area contributed by atoms with Gasteiger partial charge in [0, 0.05) is 20.0 Å². The molecule has 0 aliphatic rings. The summed E-state index contributed by atoms with van der Waals surface area (Å²) in [7, 11) is 3.81. The largest absolute Gasteiger partial charge is 0.346 e. The number of nitrogens with one attached hydrogen (secondary N) is 1. The van der Waals surface area contributed by atoms with Crippen LogP contribution in [0.15, 0.2) is 0 Å². The van der Waals surface area contributed by atoms with Crippen molar-refractivity contribution in [3.05, 3.63) is 0 Å². The molecule has 0 aromatic heterocycles. The van der Waals surface area contributed by atoms with Crippen molar-refractivity contribution in [1.29, 1.82) is 0 Å². The Bertz CT molecular complexity index is 173. The van der Waals surface area contributed by atoms with Crippen molar-refractivity contribution < 1.29 is 4.79 Å². The zero-order chi connectivity index (χ0) is 11.2. The average Bonchev–Trinajstić information content (AvgIpc) is 2.01. The summed E-state index contributed by atoms with van der Waals surface area (Å²) in [5, 5.41) is 3.07. The molecule has 3 nitrogen and oxygen atoms in total. The quantitative estimate of drug-likeness (QED) is 0.682. The van der Waals surface area contributed by atoms with E-state index in [1.54, 1.807) is 0 Å². The second-order valence-corrected chi connectivity index (χ2v) is 5.01. The van der Waals surface area contributed by atoms with E-state index < -0.39 is 0 Å². The lowest BCUT2D eigenvalue weighted by molar-refractivity contribution is -0.131. The highest BCUT2D eigenvalue weighted by Gasteiger charge is 2.18. The first-order valence-electron chi connectivity index (χ1n) is 5.25. The molecule has 0 saturated carbocycles. The van der Waals surface area contributed by atoms with E-state index in [9.17, 15) is 4.79 Å². The van der Waals surface area contributed by atoms with Crippen molar-refractivity contribution in [2.45, 2.75) is 33.6 Å². The van der Waals surface area contributed by atoms with Gasteiger partial charge in [0.2, 0.25) is 5.91 Å². The minimum absolute atomic E-state index is 0.0916. The monoisotopic (exact) mass is 200 g/mol. The first kappa shape index (κ1) is 13.4. The van der Waals surface area contributed by atoms with Crippen LogP contribution in [-0.4, -0.2) is 38.0 Å². The lowest BCUT2D eigenvalue weighted by Gasteiger charge is -2.23. The van der Waals surface area contributed by atoms with Gasteiger partial charge in [0.15, 0.2) is 0 Å². The van der Waals surface area contributed by atoms with E-state index in [1.165, 1.54) is 0 Å². The molecule has 0 aromatic rings. The van der Waals surface area contributed by atoms with E-state index in [1.807, 2.05) is 19.0 Å². The Labute approximate surface area is 87.9 Å². The third-order valence-electron chi connectivity index (χ3n) is 2.03. The molecule has 0 spiro atoms. The maximum absolute atomic E-state index is 11.7. The van der Waals surface area contributed by atoms with Crippen LogP contribution >= 0.6 is 0 Å².